The fraction of sp³-hybridized carbons (Fsp3) is 0.471. The molecule has 0 aliphatic rings. The first-order chi connectivity index (χ1) is 11.3. The Morgan fingerprint density at radius 3 is 2.33 bits per heavy atom. The van der Waals surface area contributed by atoms with E-state index < -0.39 is 5.97 Å². The zero-order chi connectivity index (χ0) is 18.1. The third kappa shape index (κ3) is 8.01. The van der Waals surface area contributed by atoms with E-state index >= 15 is 0 Å². The molecule has 6 nitrogen and oxygen atoms in total. The fourth-order valence-electron chi connectivity index (χ4n) is 2.01. The SMILES string of the molecule is Cc1ccc(NC(=O)CSCC(=O)N(CC(=O)O)CC(C)C)cc1. The Bertz CT molecular complexity index is 572. The average Bonchev–Trinajstić information content (AvgIpc) is 2.48. The van der Waals surface area contributed by atoms with Crippen molar-refractivity contribution in [2.24, 2.45) is 5.92 Å². The van der Waals surface area contributed by atoms with Gasteiger partial charge in [-0.1, -0.05) is 31.5 Å². The summed E-state index contributed by atoms with van der Waals surface area (Å²) in [6.45, 7) is 5.88. The van der Waals surface area contributed by atoms with E-state index in [0.29, 0.717) is 12.2 Å². The quantitative estimate of drug-likeness (QED) is 0.712. The lowest BCUT2D eigenvalue weighted by molar-refractivity contribution is -0.143. The van der Waals surface area contributed by atoms with Crippen LogP contribution in [0.25, 0.3) is 0 Å². The highest BCUT2D eigenvalue weighted by atomic mass is 32.2. The minimum absolute atomic E-state index is 0.0846. The van der Waals surface area contributed by atoms with Crippen LogP contribution in [-0.2, 0) is 14.4 Å². The number of hydrogen-bond acceptors (Lipinski definition) is 4. The van der Waals surface area contributed by atoms with Crippen molar-refractivity contribution in [3.05, 3.63) is 29.8 Å². The summed E-state index contributed by atoms with van der Waals surface area (Å²) in [5, 5.41) is 11.6. The van der Waals surface area contributed by atoms with Gasteiger partial charge in [0.15, 0.2) is 0 Å². The van der Waals surface area contributed by atoms with Gasteiger partial charge in [-0.3, -0.25) is 14.4 Å². The van der Waals surface area contributed by atoms with E-state index in [2.05, 4.69) is 5.32 Å². The second-order valence-corrected chi connectivity index (χ2v) is 6.95. The van der Waals surface area contributed by atoms with Crippen molar-refractivity contribution in [2.45, 2.75) is 20.8 Å². The smallest absolute Gasteiger partial charge is 0.323 e. The molecule has 2 amide bonds. The molecule has 0 unspecified atom stereocenters. The summed E-state index contributed by atoms with van der Waals surface area (Å²) in [5.74, 6) is -1.08. The lowest BCUT2D eigenvalue weighted by Crippen LogP contribution is -2.39. The Labute approximate surface area is 146 Å². The first kappa shape index (κ1) is 20.0. The van der Waals surface area contributed by atoms with Crippen LogP contribution in [0.3, 0.4) is 0 Å². The van der Waals surface area contributed by atoms with Crippen LogP contribution in [-0.4, -0.2) is 52.4 Å². The van der Waals surface area contributed by atoms with E-state index in [9.17, 15) is 14.4 Å². The number of amides is 2. The highest BCUT2D eigenvalue weighted by molar-refractivity contribution is 8.00. The molecule has 1 aromatic rings. The highest BCUT2D eigenvalue weighted by Crippen LogP contribution is 2.10. The van der Waals surface area contributed by atoms with Crippen molar-refractivity contribution in [3.63, 3.8) is 0 Å². The van der Waals surface area contributed by atoms with Crippen molar-refractivity contribution >= 4 is 35.2 Å². The van der Waals surface area contributed by atoms with Crippen LogP contribution in [0, 0.1) is 12.8 Å². The normalized spacial score (nSPS) is 10.5. The lowest BCUT2D eigenvalue weighted by atomic mass is 10.2. The number of hydrogen-bond donors (Lipinski definition) is 2. The summed E-state index contributed by atoms with van der Waals surface area (Å²) >= 11 is 1.18. The number of anilines is 1. The maximum atomic E-state index is 12.1. The van der Waals surface area contributed by atoms with Gasteiger partial charge < -0.3 is 15.3 Å². The summed E-state index contributed by atoms with van der Waals surface area (Å²) in [6.07, 6.45) is 0. The van der Waals surface area contributed by atoms with Crippen molar-refractivity contribution < 1.29 is 19.5 Å². The predicted octanol–water partition coefficient (Wildman–Crippen LogP) is 2.24. The standard InChI is InChI=1S/C17H24N2O4S/c1-12(2)8-19(9-17(22)23)16(21)11-24-10-15(20)18-14-6-4-13(3)5-7-14/h4-7,12H,8-11H2,1-3H3,(H,18,20)(H,22,23). The van der Waals surface area contributed by atoms with Crippen molar-refractivity contribution in [2.75, 3.05) is 29.9 Å². The van der Waals surface area contributed by atoms with Crippen molar-refractivity contribution in [1.29, 1.82) is 0 Å². The van der Waals surface area contributed by atoms with Gasteiger partial charge in [0.25, 0.3) is 0 Å². The van der Waals surface area contributed by atoms with E-state index in [-0.39, 0.29) is 35.8 Å². The van der Waals surface area contributed by atoms with Crippen LogP contribution in [0.1, 0.15) is 19.4 Å². The fourth-order valence-corrected chi connectivity index (χ4v) is 2.73. The van der Waals surface area contributed by atoms with Crippen LogP contribution < -0.4 is 5.32 Å². The molecule has 0 atom stereocenters. The molecule has 0 aromatic heterocycles. The molecule has 0 aliphatic heterocycles. The zero-order valence-corrected chi connectivity index (χ0v) is 15.1. The number of carboxylic acids is 1. The summed E-state index contributed by atoms with van der Waals surface area (Å²) in [6, 6.07) is 7.45. The summed E-state index contributed by atoms with van der Waals surface area (Å²) in [5.41, 5.74) is 1.82. The summed E-state index contributed by atoms with van der Waals surface area (Å²) in [4.78, 5) is 36.1. The monoisotopic (exact) mass is 352 g/mol. The largest absolute Gasteiger partial charge is 0.480 e. The molecule has 2 N–H and O–H groups in total. The topological polar surface area (TPSA) is 86.7 Å². The third-order valence-electron chi connectivity index (χ3n) is 3.06. The molecule has 1 aromatic carbocycles. The Hall–Kier alpha value is -2.02. The molecule has 0 aliphatic carbocycles. The summed E-state index contributed by atoms with van der Waals surface area (Å²) < 4.78 is 0. The van der Waals surface area contributed by atoms with Gasteiger partial charge in [-0.15, -0.1) is 11.8 Å². The van der Waals surface area contributed by atoms with Gasteiger partial charge in [-0.05, 0) is 25.0 Å². The van der Waals surface area contributed by atoms with Gasteiger partial charge in [0.2, 0.25) is 11.8 Å². The molecule has 0 heterocycles. The third-order valence-corrected chi connectivity index (χ3v) is 3.98. The van der Waals surface area contributed by atoms with Gasteiger partial charge in [-0.25, -0.2) is 0 Å². The number of aliphatic carboxylic acids is 1. The van der Waals surface area contributed by atoms with Crippen molar-refractivity contribution in [1.82, 2.24) is 4.90 Å². The molecule has 24 heavy (non-hydrogen) atoms. The van der Waals surface area contributed by atoms with Gasteiger partial charge in [-0.2, -0.15) is 0 Å². The lowest BCUT2D eigenvalue weighted by Gasteiger charge is -2.22. The van der Waals surface area contributed by atoms with E-state index in [0.717, 1.165) is 5.56 Å². The molecule has 132 valence electrons. The van der Waals surface area contributed by atoms with Crippen LogP contribution in [0.2, 0.25) is 0 Å². The number of nitrogens with one attached hydrogen (secondary N) is 1. The molecule has 0 bridgehead atoms. The second kappa shape index (κ2) is 9.97. The maximum Gasteiger partial charge on any atom is 0.323 e. The second-order valence-electron chi connectivity index (χ2n) is 5.97. The summed E-state index contributed by atoms with van der Waals surface area (Å²) in [7, 11) is 0. The number of rotatable bonds is 9. The zero-order valence-electron chi connectivity index (χ0n) is 14.2. The maximum absolute atomic E-state index is 12.1. The van der Waals surface area contributed by atoms with Gasteiger partial charge in [0.05, 0.1) is 11.5 Å². The molecule has 0 radical (unpaired) electrons. The van der Waals surface area contributed by atoms with E-state index in [1.807, 2.05) is 45.0 Å². The Morgan fingerprint density at radius 2 is 1.79 bits per heavy atom. The van der Waals surface area contributed by atoms with Gasteiger partial charge in [0.1, 0.15) is 6.54 Å². The number of carbonyl (C=O) groups excluding carboxylic acids is 2. The molecule has 0 saturated heterocycles. The number of nitrogens with zero attached hydrogens (tertiary/aromatic N) is 1. The average molecular weight is 352 g/mol. The Kier molecular flexibility index (Phi) is 8.32. The molecular formula is C17H24N2O4S. The Morgan fingerprint density at radius 1 is 1.17 bits per heavy atom. The highest BCUT2D eigenvalue weighted by Gasteiger charge is 2.18. The molecule has 7 heteroatoms. The first-order valence-electron chi connectivity index (χ1n) is 7.71. The number of aryl methyl sites for hydroxylation is 1. The van der Waals surface area contributed by atoms with E-state index in [1.54, 1.807) is 0 Å². The predicted molar refractivity (Wildman–Crippen MR) is 96.2 cm³/mol. The molecule has 0 fully saturated rings. The first-order valence-corrected chi connectivity index (χ1v) is 8.87. The van der Waals surface area contributed by atoms with E-state index in [4.69, 9.17) is 5.11 Å². The molecule has 0 saturated carbocycles. The number of thioether (sulfide) groups is 1. The number of carboxylic acid groups (broad SMARTS) is 1. The molecule has 1 rings (SSSR count). The minimum atomic E-state index is -1.04. The van der Waals surface area contributed by atoms with Gasteiger partial charge in [0, 0.05) is 12.2 Å². The Balaban J connectivity index is 2.40. The van der Waals surface area contributed by atoms with Gasteiger partial charge >= 0.3 is 5.97 Å². The van der Waals surface area contributed by atoms with E-state index in [1.165, 1.54) is 16.7 Å². The number of benzene rings is 1. The molecule has 0 spiro atoms. The van der Waals surface area contributed by atoms with Crippen molar-refractivity contribution in [3.8, 4) is 0 Å². The minimum Gasteiger partial charge on any atom is -0.480 e. The van der Waals surface area contributed by atoms with Crippen LogP contribution >= 0.6 is 11.8 Å². The number of carbonyl (C=O) groups is 3. The molecular weight excluding hydrogens is 328 g/mol. The van der Waals surface area contributed by atoms with Crippen LogP contribution in [0.5, 0.6) is 0 Å². The van der Waals surface area contributed by atoms with Crippen LogP contribution in [0.15, 0.2) is 24.3 Å². The van der Waals surface area contributed by atoms with Crippen LogP contribution in [0.4, 0.5) is 5.69 Å².